The van der Waals surface area contributed by atoms with Gasteiger partial charge in [-0.3, -0.25) is 9.10 Å². The number of sulfonamides is 1. The molecule has 0 saturated carbocycles. The zero-order chi connectivity index (χ0) is 16.3. The second-order valence-electron chi connectivity index (χ2n) is 5.01. The van der Waals surface area contributed by atoms with Crippen molar-refractivity contribution >= 4 is 21.6 Å². The lowest BCUT2D eigenvalue weighted by molar-refractivity contribution is -0.116. The molecule has 0 aliphatic rings. The van der Waals surface area contributed by atoms with Gasteiger partial charge in [0.05, 0.1) is 10.6 Å². The van der Waals surface area contributed by atoms with E-state index < -0.39 is 22.5 Å². The van der Waals surface area contributed by atoms with Gasteiger partial charge in [-0.25, -0.2) is 8.42 Å². The average molecular weight is 318 g/mol. The number of hydrogen-bond acceptors (Lipinski definition) is 3. The van der Waals surface area contributed by atoms with Crippen molar-refractivity contribution in [3.8, 4) is 0 Å². The molecule has 2 aromatic rings. The number of benzene rings is 2. The van der Waals surface area contributed by atoms with E-state index in [1.54, 1.807) is 30.3 Å². The van der Waals surface area contributed by atoms with Gasteiger partial charge in [0, 0.05) is 0 Å². The molecule has 0 aromatic heterocycles. The van der Waals surface area contributed by atoms with Crippen molar-refractivity contribution in [1.82, 2.24) is 0 Å². The van der Waals surface area contributed by atoms with Crippen LogP contribution in [-0.4, -0.2) is 20.9 Å². The van der Waals surface area contributed by atoms with Gasteiger partial charge in [0.15, 0.2) is 0 Å². The summed E-state index contributed by atoms with van der Waals surface area (Å²) in [5, 5.41) is 0. The lowest BCUT2D eigenvalue weighted by atomic mass is 10.1. The number of carbonyl (C=O) groups is 1. The highest BCUT2D eigenvalue weighted by Gasteiger charge is 2.27. The standard InChI is InChI=1S/C16H18N2O3S/c1-12-7-6-10-15(13(12)2)18(11-16(17)19)22(20,21)14-8-4-3-5-9-14/h3-10H,11H2,1-2H3,(H2,17,19). The van der Waals surface area contributed by atoms with Crippen LogP contribution in [0.25, 0.3) is 0 Å². The summed E-state index contributed by atoms with van der Waals surface area (Å²) in [4.78, 5) is 11.5. The molecule has 0 saturated heterocycles. The highest BCUT2D eigenvalue weighted by atomic mass is 32.2. The van der Waals surface area contributed by atoms with Crippen LogP contribution in [0.2, 0.25) is 0 Å². The zero-order valence-electron chi connectivity index (χ0n) is 12.5. The first kappa shape index (κ1) is 16.0. The fourth-order valence-electron chi connectivity index (χ4n) is 2.17. The molecule has 2 N–H and O–H groups in total. The molecule has 2 rings (SSSR count). The number of carbonyl (C=O) groups excluding carboxylic acids is 1. The van der Waals surface area contributed by atoms with Crippen LogP contribution in [0.15, 0.2) is 53.4 Å². The molecule has 116 valence electrons. The van der Waals surface area contributed by atoms with Crippen LogP contribution in [0.5, 0.6) is 0 Å². The smallest absolute Gasteiger partial charge is 0.264 e. The molecule has 5 nitrogen and oxygen atoms in total. The molecule has 0 fully saturated rings. The number of hydrogen-bond donors (Lipinski definition) is 1. The number of nitrogens with two attached hydrogens (primary N) is 1. The summed E-state index contributed by atoms with van der Waals surface area (Å²) in [6.45, 7) is 3.30. The third-order valence-corrected chi connectivity index (χ3v) is 5.25. The van der Waals surface area contributed by atoms with Crippen molar-refractivity contribution in [3.05, 3.63) is 59.7 Å². The summed E-state index contributed by atoms with van der Waals surface area (Å²) in [6.07, 6.45) is 0. The number of anilines is 1. The normalized spacial score (nSPS) is 11.2. The van der Waals surface area contributed by atoms with Gasteiger partial charge < -0.3 is 5.73 Å². The van der Waals surface area contributed by atoms with E-state index in [2.05, 4.69) is 0 Å². The predicted octanol–water partition coefficient (Wildman–Crippen LogP) is 1.98. The van der Waals surface area contributed by atoms with Crippen molar-refractivity contribution in [2.45, 2.75) is 18.7 Å². The number of primary amides is 1. The minimum atomic E-state index is -3.86. The highest BCUT2D eigenvalue weighted by Crippen LogP contribution is 2.28. The maximum Gasteiger partial charge on any atom is 0.264 e. The van der Waals surface area contributed by atoms with E-state index in [1.807, 2.05) is 19.9 Å². The number of rotatable bonds is 5. The van der Waals surface area contributed by atoms with Crippen LogP contribution in [0.4, 0.5) is 5.69 Å². The van der Waals surface area contributed by atoms with Crippen LogP contribution in [0, 0.1) is 13.8 Å². The molecule has 22 heavy (non-hydrogen) atoms. The van der Waals surface area contributed by atoms with Crippen LogP contribution in [0.1, 0.15) is 11.1 Å². The molecular weight excluding hydrogens is 300 g/mol. The Morgan fingerprint density at radius 3 is 2.27 bits per heavy atom. The monoisotopic (exact) mass is 318 g/mol. The first-order valence-corrected chi connectivity index (χ1v) is 8.20. The Balaban J connectivity index is 2.61. The van der Waals surface area contributed by atoms with Crippen LogP contribution >= 0.6 is 0 Å². The van der Waals surface area contributed by atoms with E-state index in [0.717, 1.165) is 15.4 Å². The molecule has 0 spiro atoms. The third kappa shape index (κ3) is 3.12. The molecule has 0 bridgehead atoms. The van der Waals surface area contributed by atoms with Gasteiger partial charge in [0.25, 0.3) is 10.0 Å². The Kier molecular flexibility index (Phi) is 4.51. The maximum atomic E-state index is 12.8. The van der Waals surface area contributed by atoms with E-state index in [4.69, 9.17) is 5.73 Å². The Labute approximate surface area is 130 Å². The first-order chi connectivity index (χ1) is 10.3. The number of nitrogens with zero attached hydrogens (tertiary/aromatic N) is 1. The number of aryl methyl sites for hydroxylation is 1. The fraction of sp³-hybridized carbons (Fsp3) is 0.188. The molecule has 0 radical (unpaired) electrons. The summed E-state index contributed by atoms with van der Waals surface area (Å²) >= 11 is 0. The molecule has 2 aromatic carbocycles. The first-order valence-electron chi connectivity index (χ1n) is 6.76. The van der Waals surface area contributed by atoms with Crippen LogP contribution in [-0.2, 0) is 14.8 Å². The quantitative estimate of drug-likeness (QED) is 0.915. The Hall–Kier alpha value is -2.34. The predicted molar refractivity (Wildman–Crippen MR) is 86.1 cm³/mol. The Morgan fingerprint density at radius 1 is 1.05 bits per heavy atom. The molecule has 6 heteroatoms. The van der Waals surface area contributed by atoms with Crippen molar-refractivity contribution < 1.29 is 13.2 Å². The van der Waals surface area contributed by atoms with Gasteiger partial charge in [-0.15, -0.1) is 0 Å². The fourth-order valence-corrected chi connectivity index (χ4v) is 3.68. The van der Waals surface area contributed by atoms with E-state index in [1.165, 1.54) is 12.1 Å². The van der Waals surface area contributed by atoms with E-state index in [-0.39, 0.29) is 4.90 Å². The maximum absolute atomic E-state index is 12.8. The molecule has 0 heterocycles. The van der Waals surface area contributed by atoms with Gasteiger partial charge >= 0.3 is 0 Å². The Morgan fingerprint density at radius 2 is 1.68 bits per heavy atom. The Bertz CT molecular complexity index is 786. The summed E-state index contributed by atoms with van der Waals surface area (Å²) in [5.74, 6) is -0.708. The number of amides is 1. The van der Waals surface area contributed by atoms with Gasteiger partial charge in [0.2, 0.25) is 5.91 Å². The second kappa shape index (κ2) is 6.19. The molecule has 0 unspecified atom stereocenters. The molecule has 0 atom stereocenters. The molecular formula is C16H18N2O3S. The van der Waals surface area contributed by atoms with Crippen molar-refractivity contribution in [2.24, 2.45) is 5.73 Å². The summed E-state index contributed by atoms with van der Waals surface area (Å²) < 4.78 is 26.8. The lowest BCUT2D eigenvalue weighted by Crippen LogP contribution is -2.39. The third-order valence-electron chi connectivity index (χ3n) is 3.48. The summed E-state index contributed by atoms with van der Waals surface area (Å²) in [6, 6.07) is 13.3. The minimum absolute atomic E-state index is 0.122. The zero-order valence-corrected chi connectivity index (χ0v) is 13.3. The average Bonchev–Trinajstić information content (AvgIpc) is 2.48. The van der Waals surface area contributed by atoms with E-state index in [0.29, 0.717) is 5.69 Å². The van der Waals surface area contributed by atoms with Crippen LogP contribution < -0.4 is 10.0 Å². The van der Waals surface area contributed by atoms with Crippen LogP contribution in [0.3, 0.4) is 0 Å². The molecule has 0 aliphatic heterocycles. The van der Waals surface area contributed by atoms with Gasteiger partial charge in [-0.2, -0.15) is 0 Å². The summed E-state index contributed by atoms with van der Waals surface area (Å²) in [7, 11) is -3.86. The highest BCUT2D eigenvalue weighted by molar-refractivity contribution is 7.92. The summed E-state index contributed by atoms with van der Waals surface area (Å²) in [5.41, 5.74) is 7.44. The van der Waals surface area contributed by atoms with Crippen molar-refractivity contribution in [1.29, 1.82) is 0 Å². The molecule has 0 aliphatic carbocycles. The topological polar surface area (TPSA) is 80.5 Å². The van der Waals surface area contributed by atoms with E-state index >= 15 is 0 Å². The minimum Gasteiger partial charge on any atom is -0.368 e. The largest absolute Gasteiger partial charge is 0.368 e. The van der Waals surface area contributed by atoms with Gasteiger partial charge in [-0.1, -0.05) is 30.3 Å². The van der Waals surface area contributed by atoms with Crippen molar-refractivity contribution in [2.75, 3.05) is 10.8 Å². The lowest BCUT2D eigenvalue weighted by Gasteiger charge is -2.25. The van der Waals surface area contributed by atoms with Crippen molar-refractivity contribution in [3.63, 3.8) is 0 Å². The van der Waals surface area contributed by atoms with E-state index in [9.17, 15) is 13.2 Å². The molecule has 1 amide bonds. The second-order valence-corrected chi connectivity index (χ2v) is 6.87. The van der Waals surface area contributed by atoms with Gasteiger partial charge in [-0.05, 0) is 43.2 Å². The van der Waals surface area contributed by atoms with Gasteiger partial charge in [0.1, 0.15) is 6.54 Å². The SMILES string of the molecule is Cc1cccc(N(CC(N)=O)S(=O)(=O)c2ccccc2)c1C.